The summed E-state index contributed by atoms with van der Waals surface area (Å²) in [5.41, 5.74) is 6.63. The van der Waals surface area contributed by atoms with Crippen molar-refractivity contribution < 1.29 is 14.4 Å². The first-order chi connectivity index (χ1) is 7.63. The summed E-state index contributed by atoms with van der Waals surface area (Å²) in [5.74, 6) is 0.415. The van der Waals surface area contributed by atoms with Gasteiger partial charge in [-0.2, -0.15) is 0 Å². The molecule has 3 N–H and O–H groups in total. The number of hydrogen-bond donors (Lipinski definition) is 2. The van der Waals surface area contributed by atoms with Crippen molar-refractivity contribution in [1.82, 2.24) is 5.16 Å². The Morgan fingerprint density at radius 2 is 2.19 bits per heavy atom. The zero-order valence-electron chi connectivity index (χ0n) is 8.40. The minimum atomic E-state index is -0.0255. The third-order valence-electron chi connectivity index (χ3n) is 2.16. The number of halogens is 1. The van der Waals surface area contributed by atoms with E-state index in [4.69, 9.17) is 26.6 Å². The molecule has 0 unspecified atom stereocenters. The predicted octanol–water partition coefficient (Wildman–Crippen LogP) is 2.29. The number of aromatic hydroxyl groups is 1. The van der Waals surface area contributed by atoms with Crippen LogP contribution in [0.25, 0.3) is 11.1 Å². The highest BCUT2D eigenvalue weighted by Crippen LogP contribution is 2.39. The molecule has 1 heterocycles. The van der Waals surface area contributed by atoms with Gasteiger partial charge in [0.15, 0.2) is 11.5 Å². The quantitative estimate of drug-likeness (QED) is 0.842. The lowest BCUT2D eigenvalue weighted by molar-refractivity contribution is 0.373. The van der Waals surface area contributed by atoms with E-state index in [-0.39, 0.29) is 11.6 Å². The minimum Gasteiger partial charge on any atom is -0.504 e. The van der Waals surface area contributed by atoms with Gasteiger partial charge in [-0.05, 0) is 6.07 Å². The van der Waals surface area contributed by atoms with E-state index in [1.807, 2.05) is 0 Å². The van der Waals surface area contributed by atoms with E-state index < -0.39 is 0 Å². The molecule has 1 aromatic heterocycles. The summed E-state index contributed by atoms with van der Waals surface area (Å²) in [6.07, 6.45) is 1.43. The van der Waals surface area contributed by atoms with Crippen molar-refractivity contribution >= 4 is 17.5 Å². The lowest BCUT2D eigenvalue weighted by Crippen LogP contribution is -1.88. The van der Waals surface area contributed by atoms with Crippen LogP contribution in [0.15, 0.2) is 22.9 Å². The molecule has 0 radical (unpaired) electrons. The molecule has 5 nitrogen and oxygen atoms in total. The highest BCUT2D eigenvalue weighted by molar-refractivity contribution is 6.33. The van der Waals surface area contributed by atoms with Crippen LogP contribution in [-0.2, 0) is 0 Å². The van der Waals surface area contributed by atoms with Gasteiger partial charge in [-0.1, -0.05) is 16.8 Å². The molecule has 0 spiro atoms. The van der Waals surface area contributed by atoms with Crippen LogP contribution in [0.5, 0.6) is 11.5 Å². The first kappa shape index (κ1) is 10.6. The summed E-state index contributed by atoms with van der Waals surface area (Å²) < 4.78 is 9.65. The Labute approximate surface area is 96.4 Å². The van der Waals surface area contributed by atoms with Crippen LogP contribution in [0, 0.1) is 0 Å². The number of phenols is 1. The van der Waals surface area contributed by atoms with Crippen molar-refractivity contribution in [3.63, 3.8) is 0 Å². The van der Waals surface area contributed by atoms with Crippen molar-refractivity contribution in [2.24, 2.45) is 0 Å². The third kappa shape index (κ3) is 1.65. The number of ether oxygens (including phenoxy) is 1. The number of rotatable bonds is 2. The molecule has 0 atom stereocenters. The van der Waals surface area contributed by atoms with Crippen LogP contribution in [0.3, 0.4) is 0 Å². The van der Waals surface area contributed by atoms with E-state index >= 15 is 0 Å². The van der Waals surface area contributed by atoms with Crippen molar-refractivity contribution in [1.29, 1.82) is 0 Å². The van der Waals surface area contributed by atoms with Gasteiger partial charge in [-0.15, -0.1) is 0 Å². The number of aromatic nitrogens is 1. The Bertz CT molecular complexity index is 525. The predicted molar refractivity (Wildman–Crippen MR) is 59.6 cm³/mol. The second-order valence-electron chi connectivity index (χ2n) is 3.11. The molecule has 2 rings (SSSR count). The second kappa shape index (κ2) is 3.94. The maximum absolute atomic E-state index is 9.63. The van der Waals surface area contributed by atoms with Crippen LogP contribution >= 0.6 is 11.6 Å². The SMILES string of the molecule is COc1cc(Cl)c(-c2cnoc2N)cc1O. The molecule has 0 fully saturated rings. The number of hydrogen-bond acceptors (Lipinski definition) is 5. The summed E-state index contributed by atoms with van der Waals surface area (Å²) >= 11 is 6.03. The fourth-order valence-electron chi connectivity index (χ4n) is 1.36. The van der Waals surface area contributed by atoms with Crippen LogP contribution in [0.1, 0.15) is 0 Å². The number of nitrogens with two attached hydrogens (primary N) is 1. The monoisotopic (exact) mass is 240 g/mol. The summed E-state index contributed by atoms with van der Waals surface area (Å²) in [5, 5.41) is 13.6. The average molecular weight is 241 g/mol. The summed E-state index contributed by atoms with van der Waals surface area (Å²) in [6, 6.07) is 2.95. The maximum Gasteiger partial charge on any atom is 0.230 e. The molecule has 1 aromatic carbocycles. The summed E-state index contributed by atoms with van der Waals surface area (Å²) in [6.45, 7) is 0. The Morgan fingerprint density at radius 1 is 1.44 bits per heavy atom. The molecule has 0 bridgehead atoms. The first-order valence-electron chi connectivity index (χ1n) is 4.40. The topological polar surface area (TPSA) is 81.5 Å². The largest absolute Gasteiger partial charge is 0.504 e. The lowest BCUT2D eigenvalue weighted by Gasteiger charge is -2.07. The summed E-state index contributed by atoms with van der Waals surface area (Å²) in [4.78, 5) is 0. The van der Waals surface area contributed by atoms with Crippen LogP contribution < -0.4 is 10.5 Å². The van der Waals surface area contributed by atoms with E-state index in [1.165, 1.54) is 25.4 Å². The van der Waals surface area contributed by atoms with Crippen LogP contribution in [0.4, 0.5) is 5.88 Å². The number of nitrogens with zero attached hydrogens (tertiary/aromatic N) is 1. The fourth-order valence-corrected chi connectivity index (χ4v) is 1.62. The van der Waals surface area contributed by atoms with Crippen molar-refractivity contribution in [2.75, 3.05) is 12.8 Å². The molecule has 0 saturated carbocycles. The number of methoxy groups -OCH3 is 1. The highest BCUT2D eigenvalue weighted by Gasteiger charge is 2.14. The van der Waals surface area contributed by atoms with Gasteiger partial charge >= 0.3 is 0 Å². The van der Waals surface area contributed by atoms with Crippen molar-refractivity contribution in [3.8, 4) is 22.6 Å². The molecule has 16 heavy (non-hydrogen) atoms. The molecular formula is C10H9ClN2O3. The molecule has 2 aromatic rings. The second-order valence-corrected chi connectivity index (χ2v) is 3.51. The zero-order chi connectivity index (χ0) is 11.7. The summed E-state index contributed by atoms with van der Waals surface area (Å²) in [7, 11) is 1.44. The van der Waals surface area contributed by atoms with Crippen molar-refractivity contribution in [2.45, 2.75) is 0 Å². The smallest absolute Gasteiger partial charge is 0.230 e. The molecule has 0 aliphatic rings. The Hall–Kier alpha value is -1.88. The maximum atomic E-state index is 9.63. The van der Waals surface area contributed by atoms with Crippen LogP contribution in [0.2, 0.25) is 5.02 Å². The first-order valence-corrected chi connectivity index (χ1v) is 4.78. The van der Waals surface area contributed by atoms with Gasteiger partial charge in [0, 0.05) is 11.6 Å². The van der Waals surface area contributed by atoms with Gasteiger partial charge in [0.05, 0.1) is 23.9 Å². The molecule has 84 valence electrons. The van der Waals surface area contributed by atoms with Crippen LogP contribution in [-0.4, -0.2) is 17.4 Å². The molecule has 0 aliphatic heterocycles. The number of benzene rings is 1. The number of nitrogen functional groups attached to an aromatic ring is 1. The highest BCUT2D eigenvalue weighted by atomic mass is 35.5. The van der Waals surface area contributed by atoms with E-state index in [0.717, 1.165) is 0 Å². The van der Waals surface area contributed by atoms with Gasteiger partial charge in [0.2, 0.25) is 5.88 Å². The number of phenolic OH excluding ortho intramolecular Hbond substituents is 1. The third-order valence-corrected chi connectivity index (χ3v) is 2.47. The van der Waals surface area contributed by atoms with E-state index in [2.05, 4.69) is 5.16 Å². The van der Waals surface area contributed by atoms with E-state index in [1.54, 1.807) is 0 Å². The van der Waals surface area contributed by atoms with Gasteiger partial charge < -0.3 is 20.1 Å². The van der Waals surface area contributed by atoms with Gasteiger partial charge in [-0.3, -0.25) is 0 Å². The van der Waals surface area contributed by atoms with E-state index in [9.17, 15) is 5.11 Å². The molecule has 6 heteroatoms. The van der Waals surface area contributed by atoms with Gasteiger partial charge in [0.1, 0.15) is 0 Å². The van der Waals surface area contributed by atoms with Crippen molar-refractivity contribution in [3.05, 3.63) is 23.4 Å². The number of anilines is 1. The zero-order valence-corrected chi connectivity index (χ0v) is 9.15. The lowest BCUT2D eigenvalue weighted by atomic mass is 10.1. The molecular weight excluding hydrogens is 232 g/mol. The Kier molecular flexibility index (Phi) is 2.62. The van der Waals surface area contributed by atoms with Gasteiger partial charge in [0.25, 0.3) is 0 Å². The average Bonchev–Trinajstić information content (AvgIpc) is 2.67. The fraction of sp³-hybridized carbons (Fsp3) is 0.100. The molecule has 0 saturated heterocycles. The Morgan fingerprint density at radius 3 is 2.75 bits per heavy atom. The van der Waals surface area contributed by atoms with E-state index in [0.29, 0.717) is 21.9 Å². The van der Waals surface area contributed by atoms with Gasteiger partial charge in [-0.25, -0.2) is 0 Å². The standard InChI is InChI=1S/C10H9ClN2O3/c1-15-9-3-7(11)5(2-8(9)14)6-4-13-16-10(6)12/h2-4,14H,12H2,1H3. The molecule has 0 aliphatic carbocycles. The normalized spacial score (nSPS) is 10.4. The minimum absolute atomic E-state index is 0.0255. The Balaban J connectivity index is 2.59. The molecule has 0 amide bonds.